The fraction of sp³-hybridized carbons (Fsp3) is 0.333. The number of H-pyrrole nitrogens is 1. The molecule has 1 aromatic carbocycles. The van der Waals surface area contributed by atoms with E-state index in [9.17, 15) is 4.79 Å². The predicted octanol–water partition coefficient (Wildman–Crippen LogP) is 4.86. The minimum atomic E-state index is -0.0611. The van der Waals surface area contributed by atoms with E-state index in [2.05, 4.69) is 47.6 Å². The van der Waals surface area contributed by atoms with Gasteiger partial charge < -0.3 is 19.8 Å². The van der Waals surface area contributed by atoms with Crippen LogP contribution in [0.15, 0.2) is 30.4 Å². The number of aromatic amines is 1. The number of fused-ring (bicyclic) bond motifs is 6. The summed E-state index contributed by atoms with van der Waals surface area (Å²) >= 11 is 1.18. The molecule has 5 rings (SSSR count). The number of thioether (sulfide) groups is 1. The van der Waals surface area contributed by atoms with Gasteiger partial charge >= 0.3 is 0 Å². The van der Waals surface area contributed by atoms with Crippen LogP contribution in [0.2, 0.25) is 0 Å². The van der Waals surface area contributed by atoms with Gasteiger partial charge in [0.2, 0.25) is 5.12 Å². The van der Waals surface area contributed by atoms with Crippen LogP contribution in [0.3, 0.4) is 0 Å². The molecule has 31 heavy (non-hydrogen) atoms. The molecule has 2 aliphatic rings. The van der Waals surface area contributed by atoms with E-state index >= 15 is 0 Å². The zero-order chi connectivity index (χ0) is 21.8. The molecule has 160 valence electrons. The number of hydrogen-bond acceptors (Lipinski definition) is 6. The molecule has 0 fully saturated rings. The van der Waals surface area contributed by atoms with Gasteiger partial charge in [-0.2, -0.15) is 0 Å². The van der Waals surface area contributed by atoms with Crippen LogP contribution in [-0.2, 0) is 0 Å². The number of carbonyl (C=O) groups is 1. The second-order valence-electron chi connectivity index (χ2n) is 7.93. The van der Waals surface area contributed by atoms with E-state index in [-0.39, 0.29) is 16.6 Å². The molecule has 0 saturated heterocycles. The molecule has 2 aromatic heterocycles. The third-order valence-corrected chi connectivity index (χ3v) is 7.12. The first-order valence-electron chi connectivity index (χ1n) is 10.4. The first-order chi connectivity index (χ1) is 15.1. The summed E-state index contributed by atoms with van der Waals surface area (Å²) in [7, 11) is 3.22. The van der Waals surface area contributed by atoms with Crippen LogP contribution >= 0.6 is 11.8 Å². The number of methoxy groups -OCH3 is 2. The monoisotopic (exact) mass is 435 g/mol. The van der Waals surface area contributed by atoms with Gasteiger partial charge in [-0.15, -0.1) is 0 Å². The number of hydrogen-bond donors (Lipinski definition) is 2. The molecule has 0 spiro atoms. The number of rotatable bonds is 4. The first-order valence-corrected chi connectivity index (χ1v) is 11.6. The number of nitrogens with one attached hydrogen (secondary N) is 2. The Bertz CT molecular complexity index is 1280. The molecule has 7 heteroatoms. The lowest BCUT2D eigenvalue weighted by Crippen LogP contribution is -2.40. The van der Waals surface area contributed by atoms with Crippen LogP contribution in [0.5, 0.6) is 11.5 Å². The predicted molar refractivity (Wildman–Crippen MR) is 126 cm³/mol. The first kappa shape index (κ1) is 20.2. The summed E-state index contributed by atoms with van der Waals surface area (Å²) < 4.78 is 11.4. The van der Waals surface area contributed by atoms with Gasteiger partial charge in [0.15, 0.2) is 11.5 Å². The summed E-state index contributed by atoms with van der Waals surface area (Å²) in [5, 5.41) is 5.49. The third-order valence-electron chi connectivity index (χ3n) is 6.53. The lowest BCUT2D eigenvalue weighted by atomic mass is 9.69. The zero-order valence-electron chi connectivity index (χ0n) is 18.0. The summed E-state index contributed by atoms with van der Waals surface area (Å²) in [6.07, 6.45) is 11.7. The normalized spacial score (nSPS) is 21.9. The molecule has 2 N–H and O–H groups in total. The van der Waals surface area contributed by atoms with Crippen LogP contribution in [0, 0.1) is 5.41 Å². The zero-order valence-corrected chi connectivity index (χ0v) is 18.9. The topological polar surface area (TPSA) is 76.2 Å². The van der Waals surface area contributed by atoms with Gasteiger partial charge in [-0.3, -0.25) is 4.79 Å². The van der Waals surface area contributed by atoms with Crippen molar-refractivity contribution in [2.45, 2.75) is 19.4 Å². The highest BCUT2D eigenvalue weighted by molar-refractivity contribution is 8.13. The van der Waals surface area contributed by atoms with Crippen LogP contribution in [-0.4, -0.2) is 42.1 Å². The summed E-state index contributed by atoms with van der Waals surface area (Å²) in [6, 6.07) is 4.24. The average molecular weight is 436 g/mol. The van der Waals surface area contributed by atoms with E-state index in [0.717, 1.165) is 46.0 Å². The smallest absolute Gasteiger partial charge is 0.235 e. The average Bonchev–Trinajstić information content (AvgIpc) is 3.26. The Labute approximate surface area is 185 Å². The number of nitrogens with zero attached hydrogens (tertiary/aromatic N) is 1. The molecule has 1 aliphatic carbocycles. The van der Waals surface area contributed by atoms with E-state index < -0.39 is 0 Å². The standard InChI is InChI=1S/C24H25N3O3S/c1-5-24-8-6-10-25-22(24)15-11-13-14-12-17(23(28)31-4)27-19(14)21(30-3)20(29-2)18(13)26-16(15)7-9-24/h6-9,11-12,22,25,27H,5,10H2,1-4H3/t22-,24?/m0/s1. The fourth-order valence-electron chi connectivity index (χ4n) is 4.93. The Morgan fingerprint density at radius 2 is 2.03 bits per heavy atom. The summed E-state index contributed by atoms with van der Waals surface area (Å²) in [6.45, 7) is 3.04. The number of benzene rings is 1. The highest BCUT2D eigenvalue weighted by Gasteiger charge is 2.39. The number of ether oxygens (including phenoxy) is 2. The van der Waals surface area contributed by atoms with Crippen LogP contribution < -0.4 is 14.8 Å². The molecule has 0 saturated carbocycles. The molecule has 6 nitrogen and oxygen atoms in total. The van der Waals surface area contributed by atoms with E-state index in [1.807, 2.05) is 6.07 Å². The van der Waals surface area contributed by atoms with Gasteiger partial charge in [-0.1, -0.05) is 36.9 Å². The van der Waals surface area contributed by atoms with E-state index in [1.54, 1.807) is 20.5 Å². The van der Waals surface area contributed by atoms with Crippen molar-refractivity contribution < 1.29 is 14.3 Å². The quantitative estimate of drug-likeness (QED) is 0.570. The lowest BCUT2D eigenvalue weighted by Gasteiger charge is -2.42. The van der Waals surface area contributed by atoms with Crippen LogP contribution in [0.1, 0.15) is 41.1 Å². The molecule has 3 aromatic rings. The molecule has 3 heterocycles. The van der Waals surface area contributed by atoms with Gasteiger partial charge in [0.25, 0.3) is 0 Å². The van der Waals surface area contributed by atoms with Gasteiger partial charge in [0, 0.05) is 28.8 Å². The van der Waals surface area contributed by atoms with Gasteiger partial charge in [0.05, 0.1) is 31.1 Å². The summed E-state index contributed by atoms with van der Waals surface area (Å²) in [5.41, 5.74) is 4.04. The van der Waals surface area contributed by atoms with Crippen LogP contribution in [0.25, 0.3) is 27.9 Å². The molecule has 0 radical (unpaired) electrons. The molecule has 0 bridgehead atoms. The summed E-state index contributed by atoms with van der Waals surface area (Å²) in [4.78, 5) is 20.7. The molecular formula is C24H25N3O3S. The van der Waals surface area contributed by atoms with E-state index in [0.29, 0.717) is 17.2 Å². The fourth-order valence-corrected chi connectivity index (χ4v) is 5.26. The van der Waals surface area contributed by atoms with Gasteiger partial charge in [-0.25, -0.2) is 4.98 Å². The Hall–Kier alpha value is -2.77. The van der Waals surface area contributed by atoms with Crippen molar-refractivity contribution >= 4 is 44.8 Å². The Balaban J connectivity index is 1.86. The third kappa shape index (κ3) is 2.83. The van der Waals surface area contributed by atoms with Gasteiger partial charge in [-0.05, 0) is 36.4 Å². The maximum Gasteiger partial charge on any atom is 0.235 e. The maximum absolute atomic E-state index is 12.4. The molecular weight excluding hydrogens is 410 g/mol. The van der Waals surface area contributed by atoms with E-state index in [4.69, 9.17) is 14.5 Å². The van der Waals surface area contributed by atoms with Crippen molar-refractivity contribution in [1.29, 1.82) is 0 Å². The van der Waals surface area contributed by atoms with Crippen LogP contribution in [0.4, 0.5) is 0 Å². The largest absolute Gasteiger partial charge is 0.491 e. The molecule has 0 amide bonds. The van der Waals surface area contributed by atoms with Crippen molar-refractivity contribution in [1.82, 2.24) is 15.3 Å². The highest BCUT2D eigenvalue weighted by Crippen LogP contribution is 2.49. The Morgan fingerprint density at radius 1 is 1.23 bits per heavy atom. The maximum atomic E-state index is 12.4. The number of pyridine rings is 1. The van der Waals surface area contributed by atoms with Crippen molar-refractivity contribution in [3.63, 3.8) is 0 Å². The second kappa shape index (κ2) is 7.43. The SMILES string of the molecule is CCC12C=CCN[C@H]1c1cc3c(nc1C=C2)c(OC)c(OC)c1[nH]c(C(=O)SC)cc13. The molecule has 1 aliphatic heterocycles. The second-order valence-corrected chi connectivity index (χ2v) is 8.71. The van der Waals surface area contributed by atoms with Crippen molar-refractivity contribution in [2.75, 3.05) is 27.0 Å². The number of aromatic nitrogens is 2. The van der Waals surface area contributed by atoms with Crippen molar-refractivity contribution in [2.24, 2.45) is 5.41 Å². The minimum Gasteiger partial charge on any atom is -0.491 e. The lowest BCUT2D eigenvalue weighted by molar-refractivity contribution is 0.108. The highest BCUT2D eigenvalue weighted by atomic mass is 32.2. The van der Waals surface area contributed by atoms with E-state index in [1.165, 1.54) is 11.8 Å². The Kier molecular flexibility index (Phi) is 4.83. The van der Waals surface area contributed by atoms with Crippen molar-refractivity contribution in [3.8, 4) is 11.5 Å². The van der Waals surface area contributed by atoms with Crippen molar-refractivity contribution in [3.05, 3.63) is 47.3 Å². The molecule has 1 unspecified atom stereocenters. The number of carbonyl (C=O) groups excluding carboxylic acids is 1. The minimum absolute atomic E-state index is 0.0247. The molecule has 2 atom stereocenters. The summed E-state index contributed by atoms with van der Waals surface area (Å²) in [5.74, 6) is 1.12. The van der Waals surface area contributed by atoms with Gasteiger partial charge in [0.1, 0.15) is 5.52 Å². The Morgan fingerprint density at radius 3 is 2.74 bits per heavy atom.